The van der Waals surface area contributed by atoms with Crippen LogP contribution >= 0.6 is 11.3 Å². The maximum atomic E-state index is 3.98. The molecule has 4 aromatic rings. The molecule has 0 aliphatic heterocycles. The summed E-state index contributed by atoms with van der Waals surface area (Å²) in [6.07, 6.45) is 7.23. The lowest BCUT2D eigenvalue weighted by molar-refractivity contribution is 0.469. The molecule has 0 bridgehead atoms. The second-order valence-electron chi connectivity index (χ2n) is 17.4. The maximum Gasteiger partial charge on any atom is 0.0893 e. The van der Waals surface area contributed by atoms with Crippen molar-refractivity contribution in [3.8, 4) is 0 Å². The average Bonchev–Trinajstić information content (AvgIpc) is 3.63. The van der Waals surface area contributed by atoms with Crippen LogP contribution in [0.4, 0.5) is 0 Å². The molecule has 3 aromatic heterocycles. The van der Waals surface area contributed by atoms with Gasteiger partial charge in [0.05, 0.1) is 5.01 Å². The van der Waals surface area contributed by atoms with Crippen molar-refractivity contribution in [1.82, 2.24) is 19.7 Å². The van der Waals surface area contributed by atoms with Crippen LogP contribution in [-0.4, -0.2) is 19.7 Å². The van der Waals surface area contributed by atoms with Crippen molar-refractivity contribution in [2.24, 2.45) is 28.7 Å². The molecule has 4 nitrogen and oxygen atoms in total. The topological polar surface area (TPSA) is 43.6 Å². The van der Waals surface area contributed by atoms with E-state index >= 15 is 0 Å². The Morgan fingerprint density at radius 3 is 0.926 bits per heavy atom. The van der Waals surface area contributed by atoms with Crippen LogP contribution < -0.4 is 0 Å². The second kappa shape index (κ2) is 46.4. The molecule has 3 heterocycles. The molecule has 0 aliphatic carbocycles. The Kier molecular flexibility index (Phi) is 65.3. The zero-order valence-electron chi connectivity index (χ0n) is 37.8. The maximum absolute atomic E-state index is 3.98. The number of hydrogen-bond donors (Lipinski definition) is 0. The van der Waals surface area contributed by atoms with Crippen LogP contribution in [0.25, 0.3) is 0 Å². The summed E-state index contributed by atoms with van der Waals surface area (Å²) >= 11 is 1.67. The largest absolute Gasteiger partial charge is 0.276 e. The van der Waals surface area contributed by atoms with E-state index in [4.69, 9.17) is 0 Å². The highest BCUT2D eigenvalue weighted by molar-refractivity contribution is 7.09. The van der Waals surface area contributed by atoms with E-state index in [-0.39, 0.29) is 29.7 Å². The Morgan fingerprint density at radius 1 is 0.463 bits per heavy atom. The lowest BCUT2D eigenvalue weighted by atomic mass is 10.0. The first-order chi connectivity index (χ1) is 22.6. The molecule has 0 fully saturated rings. The SMILES string of the molecule is C.C.C.C.CC.CC.CC(C)(C)C.CC(C)(C)C.CC(C)(C)C.CC(C)(C)C.Cc1ccccc1.Cc1ccccn1.Cc1nccs1.Cn1cccn1. The Bertz CT molecular complexity index is 967. The molecule has 54 heavy (non-hydrogen) atoms. The molecule has 0 atom stereocenters. The molecule has 4 rings (SSSR count). The summed E-state index contributed by atoms with van der Waals surface area (Å²) in [5.41, 5.74) is 4.39. The summed E-state index contributed by atoms with van der Waals surface area (Å²) in [6.45, 7) is 49.0. The van der Waals surface area contributed by atoms with Gasteiger partial charge in [-0.1, -0.05) is 210 Å². The van der Waals surface area contributed by atoms with Gasteiger partial charge in [0.1, 0.15) is 0 Å². The first kappa shape index (κ1) is 76.0. The molecule has 0 amide bonds. The molecule has 0 radical (unpaired) electrons. The van der Waals surface area contributed by atoms with Gasteiger partial charge in [-0.05, 0) is 60.6 Å². The van der Waals surface area contributed by atoms with E-state index in [0.29, 0.717) is 21.7 Å². The standard InChI is InChI=1S/C7H8.C6H7N.4C5H12.C4H6N2.C4H5NS.2C2H6.4CH4/c1-7-5-3-2-4-6-7;1-6-4-2-3-5-7-6;4*1-5(2,3)4;1-6-4-2-3-5-6;1-4-5-2-3-6-4;2*1-2;;;;/h2-6H,1H3;2-5H,1H3;4*1-4H3;2-4H,1H3;2-3H,1H3;2*1-2H3;4*1H4. The molecule has 0 aliphatic rings. The average molecular weight is 779 g/mol. The van der Waals surface area contributed by atoms with Gasteiger partial charge in [0.25, 0.3) is 0 Å². The van der Waals surface area contributed by atoms with Gasteiger partial charge in [0, 0.05) is 42.9 Å². The molecule has 0 unspecified atom stereocenters. The molecule has 5 heteroatoms. The number of rotatable bonds is 0. The number of aryl methyl sites for hydroxylation is 4. The quantitative estimate of drug-likeness (QED) is 0.179. The number of benzene rings is 1. The van der Waals surface area contributed by atoms with Crippen LogP contribution in [0, 0.1) is 42.4 Å². The van der Waals surface area contributed by atoms with Gasteiger partial charge >= 0.3 is 0 Å². The predicted octanol–water partition coefficient (Wildman–Crippen LogP) is 18.1. The third-order valence-electron chi connectivity index (χ3n) is 2.95. The van der Waals surface area contributed by atoms with E-state index < -0.39 is 0 Å². The molecule has 0 saturated carbocycles. The summed E-state index contributed by atoms with van der Waals surface area (Å²) in [7, 11) is 1.89. The lowest BCUT2D eigenvalue weighted by Gasteiger charge is -2.05. The van der Waals surface area contributed by atoms with E-state index in [1.807, 2.05) is 103 Å². The van der Waals surface area contributed by atoms with Crippen molar-refractivity contribution >= 4 is 11.3 Å². The minimum absolute atomic E-state index is 0. The van der Waals surface area contributed by atoms with Crippen LogP contribution in [0.15, 0.2) is 84.8 Å². The fraction of sp³-hybridized carbons (Fsp3) is 0.653. The summed E-state index contributed by atoms with van der Waals surface area (Å²) in [6, 6.07) is 18.0. The van der Waals surface area contributed by atoms with Crippen LogP contribution in [-0.2, 0) is 7.05 Å². The molecule has 0 spiro atoms. The first-order valence-corrected chi connectivity index (χ1v) is 19.1. The highest BCUT2D eigenvalue weighted by Crippen LogP contribution is 2.09. The number of pyridine rings is 1. The fourth-order valence-corrected chi connectivity index (χ4v) is 2.06. The van der Waals surface area contributed by atoms with E-state index in [1.165, 1.54) is 5.56 Å². The first-order valence-electron chi connectivity index (χ1n) is 18.3. The van der Waals surface area contributed by atoms with Crippen molar-refractivity contribution in [2.75, 3.05) is 0 Å². The molecule has 1 aromatic carbocycles. The summed E-state index contributed by atoms with van der Waals surface area (Å²) in [4.78, 5) is 7.91. The van der Waals surface area contributed by atoms with Gasteiger partial charge < -0.3 is 0 Å². The number of hydrogen-bond acceptors (Lipinski definition) is 4. The lowest BCUT2D eigenvalue weighted by Crippen LogP contribution is -1.93. The minimum Gasteiger partial charge on any atom is -0.276 e. The van der Waals surface area contributed by atoms with Crippen LogP contribution in [0.3, 0.4) is 0 Å². The Labute approximate surface area is 348 Å². The summed E-state index contributed by atoms with van der Waals surface area (Å²) < 4.78 is 1.75. The monoisotopic (exact) mass is 779 g/mol. The minimum atomic E-state index is 0. The summed E-state index contributed by atoms with van der Waals surface area (Å²) in [5.74, 6) is 0. The second-order valence-corrected chi connectivity index (χ2v) is 18.5. The van der Waals surface area contributed by atoms with Crippen molar-refractivity contribution in [1.29, 1.82) is 0 Å². The van der Waals surface area contributed by atoms with Gasteiger partial charge in [-0.15, -0.1) is 11.3 Å². The Balaban J connectivity index is -0.0000000502. The van der Waals surface area contributed by atoms with E-state index in [1.54, 1.807) is 34.6 Å². The highest BCUT2D eigenvalue weighted by Gasteiger charge is 1.97. The zero-order valence-corrected chi connectivity index (χ0v) is 38.6. The van der Waals surface area contributed by atoms with Crippen molar-refractivity contribution in [2.45, 2.75) is 189 Å². The van der Waals surface area contributed by atoms with Gasteiger partial charge in [-0.2, -0.15) is 5.10 Å². The van der Waals surface area contributed by atoms with Crippen molar-refractivity contribution in [3.63, 3.8) is 0 Å². The van der Waals surface area contributed by atoms with Crippen LogP contribution in [0.1, 0.15) is 184 Å². The fourth-order valence-electron chi connectivity index (χ4n) is 1.62. The smallest absolute Gasteiger partial charge is 0.0893 e. The van der Waals surface area contributed by atoms with Gasteiger partial charge in [0.2, 0.25) is 0 Å². The van der Waals surface area contributed by atoms with Crippen molar-refractivity contribution in [3.05, 3.63) is 101 Å². The molecular weight excluding hydrogens is 677 g/mol. The van der Waals surface area contributed by atoms with Gasteiger partial charge in [0.15, 0.2) is 0 Å². The third kappa shape index (κ3) is 154. The van der Waals surface area contributed by atoms with E-state index in [2.05, 4.69) is 145 Å². The molecule has 0 N–H and O–H groups in total. The predicted molar refractivity (Wildman–Crippen MR) is 260 cm³/mol. The summed E-state index contributed by atoms with van der Waals surface area (Å²) in [5, 5.41) is 6.94. The number of aromatic nitrogens is 4. The molecule has 0 saturated heterocycles. The number of nitrogens with zero attached hydrogens (tertiary/aromatic N) is 4. The van der Waals surface area contributed by atoms with Gasteiger partial charge in [-0.3, -0.25) is 14.6 Å². The van der Waals surface area contributed by atoms with Crippen LogP contribution in [0.5, 0.6) is 0 Å². The van der Waals surface area contributed by atoms with E-state index in [9.17, 15) is 0 Å². The zero-order chi connectivity index (χ0) is 41.0. The Hall–Kier alpha value is -2.79. The third-order valence-corrected chi connectivity index (χ3v) is 3.65. The van der Waals surface area contributed by atoms with Gasteiger partial charge in [-0.25, -0.2) is 0 Å². The molecular formula is C49H102N4S. The number of thiazole rings is 1. The Morgan fingerprint density at radius 2 is 0.815 bits per heavy atom. The van der Waals surface area contributed by atoms with Crippen LogP contribution in [0.2, 0.25) is 0 Å². The molecule has 324 valence electrons. The normalized spacial score (nSPS) is 8.89. The van der Waals surface area contributed by atoms with E-state index in [0.717, 1.165) is 10.7 Å². The van der Waals surface area contributed by atoms with Crippen molar-refractivity contribution < 1.29 is 0 Å². The highest BCUT2D eigenvalue weighted by atomic mass is 32.1.